The Morgan fingerprint density at radius 1 is 1.20 bits per heavy atom. The first kappa shape index (κ1) is 10.2. The van der Waals surface area contributed by atoms with Crippen LogP contribution < -0.4 is 5.69 Å². The average molecular weight is 251 g/mol. The van der Waals surface area contributed by atoms with Gasteiger partial charge in [0.1, 0.15) is 10.7 Å². The van der Waals surface area contributed by atoms with E-state index in [0.29, 0.717) is 0 Å². The number of nitrogens with one attached hydrogen (secondary N) is 2. The maximum Gasteiger partial charge on any atom is 0.323 e. The zero-order valence-corrected chi connectivity index (χ0v) is 8.62. The van der Waals surface area contributed by atoms with Crippen LogP contribution >= 0.6 is 10.7 Å². The molecule has 1 aromatic carbocycles. The Kier molecular flexibility index (Phi) is 2.09. The van der Waals surface area contributed by atoms with Gasteiger partial charge >= 0.3 is 5.69 Å². The van der Waals surface area contributed by atoms with E-state index >= 15 is 0 Å². The summed E-state index contributed by atoms with van der Waals surface area (Å²) < 4.78 is 35.1. The number of halogens is 2. The fraction of sp³-hybridized carbons (Fsp3) is 0. The Bertz CT molecular complexity index is 688. The molecule has 0 radical (unpaired) electrons. The van der Waals surface area contributed by atoms with Crippen molar-refractivity contribution >= 4 is 30.8 Å². The van der Waals surface area contributed by atoms with Crippen molar-refractivity contribution in [3.8, 4) is 0 Å². The minimum atomic E-state index is -4.15. The van der Waals surface area contributed by atoms with Crippen LogP contribution in [0.2, 0.25) is 0 Å². The van der Waals surface area contributed by atoms with E-state index < -0.39 is 25.5 Å². The third kappa shape index (κ3) is 1.75. The van der Waals surface area contributed by atoms with Gasteiger partial charge in [-0.3, -0.25) is 0 Å². The summed E-state index contributed by atoms with van der Waals surface area (Å²) in [5.74, 6) is -1.01. The van der Waals surface area contributed by atoms with E-state index in [0.717, 1.165) is 12.1 Å². The van der Waals surface area contributed by atoms with E-state index in [1.165, 1.54) is 0 Å². The van der Waals surface area contributed by atoms with Crippen LogP contribution in [0, 0.1) is 5.82 Å². The monoisotopic (exact) mass is 250 g/mol. The van der Waals surface area contributed by atoms with Crippen LogP contribution in [0.1, 0.15) is 0 Å². The molecule has 15 heavy (non-hydrogen) atoms. The number of hydrogen-bond acceptors (Lipinski definition) is 3. The van der Waals surface area contributed by atoms with Crippen LogP contribution in [-0.4, -0.2) is 18.4 Å². The summed E-state index contributed by atoms with van der Waals surface area (Å²) in [5, 5.41) is 0. The van der Waals surface area contributed by atoms with Crippen LogP contribution in [0.15, 0.2) is 21.8 Å². The first-order chi connectivity index (χ1) is 6.88. The molecule has 0 atom stereocenters. The highest BCUT2D eigenvalue weighted by atomic mass is 35.7. The van der Waals surface area contributed by atoms with Crippen LogP contribution in [0.5, 0.6) is 0 Å². The van der Waals surface area contributed by atoms with Gasteiger partial charge in [0.2, 0.25) is 0 Å². The van der Waals surface area contributed by atoms with E-state index in [4.69, 9.17) is 10.7 Å². The quantitative estimate of drug-likeness (QED) is 0.739. The van der Waals surface area contributed by atoms with Crippen molar-refractivity contribution in [1.82, 2.24) is 9.97 Å². The van der Waals surface area contributed by atoms with Gasteiger partial charge < -0.3 is 9.97 Å². The van der Waals surface area contributed by atoms with Crippen molar-refractivity contribution < 1.29 is 12.8 Å². The molecule has 0 aliphatic carbocycles. The zero-order valence-electron chi connectivity index (χ0n) is 7.04. The lowest BCUT2D eigenvalue weighted by Crippen LogP contribution is -1.99. The fourth-order valence-electron chi connectivity index (χ4n) is 1.22. The number of benzene rings is 1. The number of fused-ring (bicyclic) bond motifs is 1. The van der Waals surface area contributed by atoms with Crippen molar-refractivity contribution in [1.29, 1.82) is 0 Å². The van der Waals surface area contributed by atoms with Crippen LogP contribution in [0.4, 0.5) is 4.39 Å². The molecule has 1 heterocycles. The molecule has 80 valence electrons. The number of aromatic amines is 2. The Hall–Kier alpha value is -1.34. The molecule has 0 aliphatic rings. The van der Waals surface area contributed by atoms with E-state index in [2.05, 4.69) is 9.97 Å². The third-order valence-electron chi connectivity index (χ3n) is 1.83. The van der Waals surface area contributed by atoms with Crippen molar-refractivity contribution in [2.45, 2.75) is 4.90 Å². The van der Waals surface area contributed by atoms with Gasteiger partial charge in [-0.2, -0.15) is 0 Å². The Balaban J connectivity index is 2.89. The maximum atomic E-state index is 13.2. The van der Waals surface area contributed by atoms with Gasteiger partial charge in [0.15, 0.2) is 0 Å². The largest absolute Gasteiger partial charge is 0.323 e. The summed E-state index contributed by atoms with van der Waals surface area (Å²) in [7, 11) is 0.847. The lowest BCUT2D eigenvalue weighted by molar-refractivity contribution is 0.577. The average Bonchev–Trinajstić information content (AvgIpc) is 2.40. The highest BCUT2D eigenvalue weighted by molar-refractivity contribution is 8.13. The molecule has 0 spiro atoms. The molecule has 8 heteroatoms. The first-order valence-electron chi connectivity index (χ1n) is 3.74. The number of rotatable bonds is 1. The fourth-order valence-corrected chi connectivity index (χ4v) is 2.13. The van der Waals surface area contributed by atoms with Gasteiger partial charge in [-0.25, -0.2) is 17.6 Å². The molecule has 0 fully saturated rings. The molecule has 2 N–H and O–H groups in total. The van der Waals surface area contributed by atoms with Gasteiger partial charge in [-0.05, 0) is 6.07 Å². The smallest absolute Gasteiger partial charge is 0.306 e. The lowest BCUT2D eigenvalue weighted by atomic mass is 10.3. The summed E-state index contributed by atoms with van der Waals surface area (Å²) in [6.07, 6.45) is 0. The standard InChI is InChI=1S/C7H4ClFN2O3S/c8-15(13,14)6-2-5-4(1-3(6)9)10-7(12)11-5/h1-2H,(H2,10,11,12). The lowest BCUT2D eigenvalue weighted by Gasteiger charge is -1.98. The second-order valence-electron chi connectivity index (χ2n) is 2.85. The molecular weight excluding hydrogens is 247 g/mol. The zero-order chi connectivity index (χ0) is 11.2. The maximum absolute atomic E-state index is 13.2. The molecule has 5 nitrogen and oxygen atoms in total. The Morgan fingerprint density at radius 2 is 1.73 bits per heavy atom. The van der Waals surface area contributed by atoms with Gasteiger partial charge in [0.25, 0.3) is 9.05 Å². The normalized spacial score (nSPS) is 12.1. The van der Waals surface area contributed by atoms with Crippen molar-refractivity contribution in [2.24, 2.45) is 0 Å². The molecule has 0 saturated heterocycles. The molecule has 0 saturated carbocycles. The molecule has 0 unspecified atom stereocenters. The van der Waals surface area contributed by atoms with E-state index in [9.17, 15) is 17.6 Å². The van der Waals surface area contributed by atoms with Crippen LogP contribution in [-0.2, 0) is 9.05 Å². The predicted octanol–water partition coefficient (Wildman–Crippen LogP) is 0.923. The molecule has 2 aromatic rings. The van der Waals surface area contributed by atoms with E-state index in [1.807, 2.05) is 0 Å². The summed E-state index contributed by atoms with van der Waals surface area (Å²) in [5.41, 5.74) is -0.185. The summed E-state index contributed by atoms with van der Waals surface area (Å²) in [4.78, 5) is 14.8. The molecule has 0 bridgehead atoms. The van der Waals surface area contributed by atoms with E-state index in [1.54, 1.807) is 0 Å². The predicted molar refractivity (Wildman–Crippen MR) is 51.9 cm³/mol. The number of hydrogen-bond donors (Lipinski definition) is 2. The highest BCUT2D eigenvalue weighted by Gasteiger charge is 2.17. The summed E-state index contributed by atoms with van der Waals surface area (Å²) >= 11 is 0. The van der Waals surface area contributed by atoms with Crippen LogP contribution in [0.25, 0.3) is 11.0 Å². The number of H-pyrrole nitrogens is 2. The van der Waals surface area contributed by atoms with E-state index in [-0.39, 0.29) is 11.0 Å². The first-order valence-corrected chi connectivity index (χ1v) is 6.05. The van der Waals surface area contributed by atoms with Gasteiger partial charge in [0, 0.05) is 16.7 Å². The second kappa shape index (κ2) is 3.07. The van der Waals surface area contributed by atoms with Gasteiger partial charge in [0.05, 0.1) is 11.0 Å². The van der Waals surface area contributed by atoms with Crippen molar-refractivity contribution in [3.05, 3.63) is 28.4 Å². The molecule has 2 rings (SSSR count). The molecule has 0 amide bonds. The van der Waals surface area contributed by atoms with Gasteiger partial charge in [-0.15, -0.1) is 0 Å². The van der Waals surface area contributed by atoms with Crippen LogP contribution in [0.3, 0.4) is 0 Å². The SMILES string of the molecule is O=c1[nH]c2cc(F)c(S(=O)(=O)Cl)cc2[nH]1. The Morgan fingerprint density at radius 3 is 2.27 bits per heavy atom. The van der Waals surface area contributed by atoms with Gasteiger partial charge in [-0.1, -0.05) is 0 Å². The molecule has 1 aromatic heterocycles. The molecular formula is C7H4ClFN2O3S. The number of aromatic nitrogens is 2. The Labute approximate surface area is 87.3 Å². The van der Waals surface area contributed by atoms with Crippen molar-refractivity contribution in [3.63, 3.8) is 0 Å². The molecule has 0 aliphatic heterocycles. The highest BCUT2D eigenvalue weighted by Crippen LogP contribution is 2.22. The number of imidazole rings is 1. The summed E-state index contributed by atoms with van der Waals surface area (Å²) in [6, 6.07) is 1.85. The second-order valence-corrected chi connectivity index (χ2v) is 5.38. The third-order valence-corrected chi connectivity index (χ3v) is 3.17. The minimum absolute atomic E-state index is 0.181. The van der Waals surface area contributed by atoms with Crippen molar-refractivity contribution in [2.75, 3.05) is 0 Å². The summed E-state index contributed by atoms with van der Waals surface area (Å²) in [6.45, 7) is 0. The minimum Gasteiger partial charge on any atom is -0.306 e. The topological polar surface area (TPSA) is 82.8 Å².